The van der Waals surface area contributed by atoms with Crippen LogP contribution in [-0.2, 0) is 11.3 Å². The van der Waals surface area contributed by atoms with E-state index in [9.17, 15) is 4.79 Å². The molecule has 1 amide bonds. The number of nitrogens with two attached hydrogens (primary N) is 1. The molecule has 0 aliphatic rings. The summed E-state index contributed by atoms with van der Waals surface area (Å²) < 4.78 is 1.03. The van der Waals surface area contributed by atoms with Gasteiger partial charge in [0.1, 0.15) is 0 Å². The van der Waals surface area contributed by atoms with Gasteiger partial charge in [-0.25, -0.2) is 9.97 Å². The molecule has 1 atom stereocenters. The van der Waals surface area contributed by atoms with E-state index in [1.165, 1.54) is 0 Å². The Hall–Kier alpha value is -3.51. The van der Waals surface area contributed by atoms with E-state index in [1.807, 2.05) is 79.7 Å². The standard InChI is InChI=1S/C26H23BrN4O/c1-17-4-2-6-21(14-17)24(25(28)32)20-10-8-19(9-11-20)23-12-13-29-26(31-23)30-16-18-5-3-7-22(27)15-18/h2-15,24H,16H2,1H3,(H2,28,32)(H,29,30,31). The van der Waals surface area contributed by atoms with Gasteiger partial charge in [-0.15, -0.1) is 0 Å². The highest BCUT2D eigenvalue weighted by Crippen LogP contribution is 2.27. The number of aromatic nitrogens is 2. The Morgan fingerprint density at radius 2 is 1.78 bits per heavy atom. The first-order valence-electron chi connectivity index (χ1n) is 10.3. The summed E-state index contributed by atoms with van der Waals surface area (Å²) in [5.74, 6) is -0.303. The third-order valence-electron chi connectivity index (χ3n) is 5.19. The lowest BCUT2D eigenvalue weighted by Crippen LogP contribution is -2.22. The van der Waals surface area contributed by atoms with Gasteiger partial charge in [0.2, 0.25) is 11.9 Å². The molecule has 0 saturated heterocycles. The van der Waals surface area contributed by atoms with Crippen molar-refractivity contribution in [3.63, 3.8) is 0 Å². The zero-order chi connectivity index (χ0) is 22.5. The molecule has 0 radical (unpaired) electrons. The van der Waals surface area contributed by atoms with Gasteiger partial charge in [0.15, 0.2) is 0 Å². The summed E-state index contributed by atoms with van der Waals surface area (Å²) in [6, 6.07) is 25.6. The summed E-state index contributed by atoms with van der Waals surface area (Å²) in [6.45, 7) is 2.63. The summed E-state index contributed by atoms with van der Waals surface area (Å²) in [5, 5.41) is 3.27. The van der Waals surface area contributed by atoms with Crippen LogP contribution >= 0.6 is 15.9 Å². The average Bonchev–Trinajstić information content (AvgIpc) is 2.78. The summed E-state index contributed by atoms with van der Waals surface area (Å²) in [6.07, 6.45) is 1.73. The Kier molecular flexibility index (Phi) is 6.61. The molecule has 3 aromatic carbocycles. The predicted molar refractivity (Wildman–Crippen MR) is 131 cm³/mol. The van der Waals surface area contributed by atoms with Gasteiger partial charge >= 0.3 is 0 Å². The number of carbonyl (C=O) groups is 1. The van der Waals surface area contributed by atoms with Gasteiger partial charge in [-0.1, -0.05) is 82.2 Å². The fourth-order valence-electron chi connectivity index (χ4n) is 3.65. The molecular weight excluding hydrogens is 464 g/mol. The number of nitrogens with zero attached hydrogens (tertiary/aromatic N) is 2. The third kappa shape index (κ3) is 5.21. The summed E-state index contributed by atoms with van der Waals surface area (Å²) in [7, 11) is 0. The molecule has 6 heteroatoms. The average molecular weight is 487 g/mol. The van der Waals surface area contributed by atoms with Crippen molar-refractivity contribution in [2.24, 2.45) is 5.73 Å². The lowest BCUT2D eigenvalue weighted by Gasteiger charge is -2.15. The predicted octanol–water partition coefficient (Wildman–Crippen LogP) is 5.44. The number of nitrogens with one attached hydrogen (secondary N) is 1. The highest BCUT2D eigenvalue weighted by atomic mass is 79.9. The van der Waals surface area contributed by atoms with Crippen LogP contribution in [0.2, 0.25) is 0 Å². The first-order chi connectivity index (χ1) is 15.5. The van der Waals surface area contributed by atoms with Crippen LogP contribution in [0.1, 0.15) is 28.2 Å². The maximum absolute atomic E-state index is 12.2. The number of halogens is 1. The van der Waals surface area contributed by atoms with Crippen molar-refractivity contribution in [2.45, 2.75) is 19.4 Å². The van der Waals surface area contributed by atoms with Crippen molar-refractivity contribution in [1.82, 2.24) is 9.97 Å². The number of amides is 1. The first kappa shape index (κ1) is 21.7. The molecular formula is C26H23BrN4O. The Labute approximate surface area is 195 Å². The maximum Gasteiger partial charge on any atom is 0.229 e. The Balaban J connectivity index is 1.53. The van der Waals surface area contributed by atoms with E-state index in [2.05, 4.69) is 37.3 Å². The molecule has 0 aliphatic carbocycles. The van der Waals surface area contributed by atoms with Crippen molar-refractivity contribution in [3.05, 3.63) is 112 Å². The molecule has 160 valence electrons. The number of rotatable bonds is 7. The molecule has 0 spiro atoms. The van der Waals surface area contributed by atoms with E-state index in [-0.39, 0.29) is 5.91 Å². The third-order valence-corrected chi connectivity index (χ3v) is 5.69. The Morgan fingerprint density at radius 1 is 1.00 bits per heavy atom. The lowest BCUT2D eigenvalue weighted by molar-refractivity contribution is -0.118. The molecule has 0 fully saturated rings. The molecule has 0 bridgehead atoms. The molecule has 32 heavy (non-hydrogen) atoms. The molecule has 0 saturated carbocycles. The molecule has 5 nitrogen and oxygen atoms in total. The molecule has 0 aliphatic heterocycles. The second-order valence-electron chi connectivity index (χ2n) is 7.62. The number of anilines is 1. The second kappa shape index (κ2) is 9.75. The van der Waals surface area contributed by atoms with Gasteiger partial charge in [-0.05, 0) is 41.8 Å². The van der Waals surface area contributed by atoms with Crippen LogP contribution in [0, 0.1) is 6.92 Å². The minimum absolute atomic E-state index is 0.371. The summed E-state index contributed by atoms with van der Waals surface area (Å²) in [4.78, 5) is 21.2. The van der Waals surface area contributed by atoms with E-state index in [0.717, 1.165) is 38.0 Å². The van der Waals surface area contributed by atoms with Crippen LogP contribution in [0.5, 0.6) is 0 Å². The van der Waals surface area contributed by atoms with Crippen molar-refractivity contribution in [3.8, 4) is 11.3 Å². The summed E-state index contributed by atoms with van der Waals surface area (Å²) >= 11 is 3.49. The van der Waals surface area contributed by atoms with Crippen LogP contribution in [0.15, 0.2) is 89.5 Å². The van der Waals surface area contributed by atoms with E-state index in [1.54, 1.807) is 6.20 Å². The van der Waals surface area contributed by atoms with Gasteiger partial charge in [0.25, 0.3) is 0 Å². The van der Waals surface area contributed by atoms with Crippen molar-refractivity contribution >= 4 is 27.8 Å². The highest BCUT2D eigenvalue weighted by molar-refractivity contribution is 9.10. The van der Waals surface area contributed by atoms with Crippen LogP contribution in [0.25, 0.3) is 11.3 Å². The second-order valence-corrected chi connectivity index (χ2v) is 8.54. The van der Waals surface area contributed by atoms with Gasteiger partial charge in [0, 0.05) is 22.8 Å². The zero-order valence-electron chi connectivity index (χ0n) is 17.6. The van der Waals surface area contributed by atoms with Crippen LogP contribution in [0.3, 0.4) is 0 Å². The van der Waals surface area contributed by atoms with Gasteiger partial charge < -0.3 is 11.1 Å². The minimum Gasteiger partial charge on any atom is -0.369 e. The van der Waals surface area contributed by atoms with Crippen LogP contribution < -0.4 is 11.1 Å². The smallest absolute Gasteiger partial charge is 0.229 e. The number of hydrogen-bond acceptors (Lipinski definition) is 4. The number of benzene rings is 3. The number of primary amides is 1. The van der Waals surface area contributed by atoms with Crippen molar-refractivity contribution < 1.29 is 4.79 Å². The van der Waals surface area contributed by atoms with Gasteiger partial charge in [-0.2, -0.15) is 0 Å². The molecule has 1 heterocycles. The normalized spacial score (nSPS) is 11.7. The molecule has 1 aromatic heterocycles. The van der Waals surface area contributed by atoms with Crippen LogP contribution in [0.4, 0.5) is 5.95 Å². The number of aryl methyl sites for hydroxylation is 1. The highest BCUT2D eigenvalue weighted by Gasteiger charge is 2.20. The largest absolute Gasteiger partial charge is 0.369 e. The maximum atomic E-state index is 12.2. The van der Waals surface area contributed by atoms with E-state index >= 15 is 0 Å². The lowest BCUT2D eigenvalue weighted by atomic mass is 9.89. The van der Waals surface area contributed by atoms with E-state index in [0.29, 0.717) is 12.5 Å². The quantitative estimate of drug-likeness (QED) is 0.364. The number of hydrogen-bond donors (Lipinski definition) is 2. The molecule has 4 aromatic rings. The minimum atomic E-state index is -0.489. The zero-order valence-corrected chi connectivity index (χ0v) is 19.2. The molecule has 1 unspecified atom stereocenters. The molecule has 4 rings (SSSR count). The first-order valence-corrected chi connectivity index (χ1v) is 11.1. The fourth-order valence-corrected chi connectivity index (χ4v) is 4.10. The van der Waals surface area contributed by atoms with E-state index in [4.69, 9.17) is 5.73 Å². The van der Waals surface area contributed by atoms with Gasteiger partial charge in [0.05, 0.1) is 11.6 Å². The Bertz CT molecular complexity index is 1240. The monoisotopic (exact) mass is 486 g/mol. The fraction of sp³-hybridized carbons (Fsp3) is 0.115. The van der Waals surface area contributed by atoms with Crippen molar-refractivity contribution in [1.29, 1.82) is 0 Å². The van der Waals surface area contributed by atoms with Gasteiger partial charge in [-0.3, -0.25) is 4.79 Å². The number of carbonyl (C=O) groups excluding carboxylic acids is 1. The van der Waals surface area contributed by atoms with Crippen molar-refractivity contribution in [2.75, 3.05) is 5.32 Å². The summed E-state index contributed by atoms with van der Waals surface area (Å²) in [5.41, 5.74) is 11.5. The topological polar surface area (TPSA) is 80.9 Å². The van der Waals surface area contributed by atoms with E-state index < -0.39 is 5.92 Å². The SMILES string of the molecule is Cc1cccc(C(C(N)=O)c2ccc(-c3ccnc(NCc4cccc(Br)c4)n3)cc2)c1. The van der Waals surface area contributed by atoms with Crippen LogP contribution in [-0.4, -0.2) is 15.9 Å². The molecule has 3 N–H and O–H groups in total. The Morgan fingerprint density at radius 3 is 2.50 bits per heavy atom.